The third-order valence-electron chi connectivity index (χ3n) is 5.01. The molecule has 0 aliphatic heterocycles. The van der Waals surface area contributed by atoms with Crippen molar-refractivity contribution >= 4 is 5.69 Å². The molecule has 1 N–H and O–H groups in total. The lowest BCUT2D eigenvalue weighted by molar-refractivity contribution is 0.476. The molecule has 2 aromatic carbocycles. The summed E-state index contributed by atoms with van der Waals surface area (Å²) in [5, 5.41) is 10.4. The molecule has 0 saturated carbocycles. The summed E-state index contributed by atoms with van der Waals surface area (Å²) >= 11 is 0. The third-order valence-corrected chi connectivity index (χ3v) is 5.01. The molecule has 3 rings (SSSR count). The molecule has 5 nitrogen and oxygen atoms in total. The van der Waals surface area contributed by atoms with Gasteiger partial charge in [0.05, 0.1) is 11.3 Å². The summed E-state index contributed by atoms with van der Waals surface area (Å²) < 4.78 is 1.70. The third kappa shape index (κ3) is 3.93. The molecular formula is C23H27N3O2. The molecule has 0 atom stereocenters. The van der Waals surface area contributed by atoms with E-state index >= 15 is 0 Å². The molecule has 0 spiro atoms. The van der Waals surface area contributed by atoms with Crippen LogP contribution in [0.4, 0.5) is 5.69 Å². The minimum absolute atomic E-state index is 0.0645. The van der Waals surface area contributed by atoms with E-state index in [9.17, 15) is 9.90 Å². The number of aryl methyl sites for hydroxylation is 2. The number of aromatic hydroxyl groups is 1. The highest BCUT2D eigenvalue weighted by molar-refractivity contribution is 5.65. The van der Waals surface area contributed by atoms with Crippen LogP contribution < -0.4 is 10.5 Å². The number of phenols is 1. The fraction of sp³-hybridized carbons (Fsp3) is 0.304. The van der Waals surface area contributed by atoms with Crippen molar-refractivity contribution in [3.8, 4) is 17.1 Å². The second-order valence-corrected chi connectivity index (χ2v) is 6.75. The summed E-state index contributed by atoms with van der Waals surface area (Å²) in [4.78, 5) is 20.3. The number of aromatic nitrogens is 2. The highest BCUT2D eigenvalue weighted by atomic mass is 16.3. The van der Waals surface area contributed by atoms with Crippen molar-refractivity contribution in [2.75, 3.05) is 18.0 Å². The van der Waals surface area contributed by atoms with Gasteiger partial charge in [-0.05, 0) is 44.9 Å². The van der Waals surface area contributed by atoms with E-state index in [0.717, 1.165) is 18.7 Å². The Morgan fingerprint density at radius 2 is 1.64 bits per heavy atom. The minimum Gasteiger partial charge on any atom is -0.507 e. The minimum atomic E-state index is -0.0645. The Kier molecular flexibility index (Phi) is 6.14. The lowest BCUT2D eigenvalue weighted by atomic mass is 10.1. The Hall–Kier alpha value is -3.08. The van der Waals surface area contributed by atoms with Crippen LogP contribution in [0, 0.1) is 6.92 Å². The van der Waals surface area contributed by atoms with Gasteiger partial charge in [-0.3, -0.25) is 9.36 Å². The van der Waals surface area contributed by atoms with Gasteiger partial charge in [-0.15, -0.1) is 0 Å². The van der Waals surface area contributed by atoms with Gasteiger partial charge >= 0.3 is 0 Å². The average molecular weight is 377 g/mol. The summed E-state index contributed by atoms with van der Waals surface area (Å²) in [6, 6.07) is 17.1. The smallest absolute Gasteiger partial charge is 0.277 e. The van der Waals surface area contributed by atoms with Gasteiger partial charge in [0.1, 0.15) is 17.3 Å². The Labute approximate surface area is 165 Å². The van der Waals surface area contributed by atoms with Gasteiger partial charge in [0.25, 0.3) is 5.56 Å². The van der Waals surface area contributed by atoms with Crippen molar-refractivity contribution in [1.82, 2.24) is 9.55 Å². The van der Waals surface area contributed by atoms with Crippen LogP contribution in [0.25, 0.3) is 11.4 Å². The van der Waals surface area contributed by atoms with Gasteiger partial charge in [0, 0.05) is 19.6 Å². The average Bonchev–Trinajstić information content (AvgIpc) is 2.71. The zero-order valence-corrected chi connectivity index (χ0v) is 16.7. The zero-order valence-electron chi connectivity index (χ0n) is 16.7. The van der Waals surface area contributed by atoms with E-state index in [2.05, 4.69) is 12.1 Å². The van der Waals surface area contributed by atoms with Gasteiger partial charge < -0.3 is 10.0 Å². The summed E-state index contributed by atoms with van der Waals surface area (Å²) in [6.45, 7) is 7.90. The van der Waals surface area contributed by atoms with Crippen LogP contribution in [0.2, 0.25) is 0 Å². The van der Waals surface area contributed by atoms with E-state index in [4.69, 9.17) is 4.98 Å². The molecule has 146 valence electrons. The van der Waals surface area contributed by atoms with Crippen LogP contribution in [0.3, 0.4) is 0 Å². The standard InChI is InChI=1S/C23H27N3O2/c1-4-25(5-2)21-17(3)24-22(19-13-9-10-14-20(19)27)26(23(21)28)16-15-18-11-7-6-8-12-18/h6-14,27H,4-5,15-16H2,1-3H3. The zero-order chi connectivity index (χ0) is 20.1. The lowest BCUT2D eigenvalue weighted by Crippen LogP contribution is -2.35. The highest BCUT2D eigenvalue weighted by Crippen LogP contribution is 2.28. The summed E-state index contributed by atoms with van der Waals surface area (Å²) in [7, 11) is 0. The molecule has 0 unspecified atom stereocenters. The Bertz CT molecular complexity index is 992. The maximum atomic E-state index is 13.5. The molecule has 0 amide bonds. The topological polar surface area (TPSA) is 58.4 Å². The quantitative estimate of drug-likeness (QED) is 0.676. The summed E-state index contributed by atoms with van der Waals surface area (Å²) in [5.74, 6) is 0.630. The van der Waals surface area contributed by atoms with Gasteiger partial charge in [-0.2, -0.15) is 0 Å². The Morgan fingerprint density at radius 3 is 2.29 bits per heavy atom. The van der Waals surface area contributed by atoms with E-state index < -0.39 is 0 Å². The molecule has 0 fully saturated rings. The Morgan fingerprint density at radius 1 is 1.00 bits per heavy atom. The Balaban J connectivity index is 2.15. The second kappa shape index (κ2) is 8.74. The summed E-state index contributed by atoms with van der Waals surface area (Å²) in [5.41, 5.74) is 2.98. The number of para-hydroxylation sites is 1. The van der Waals surface area contributed by atoms with Crippen LogP contribution >= 0.6 is 0 Å². The van der Waals surface area contributed by atoms with Gasteiger partial charge in [-0.1, -0.05) is 42.5 Å². The lowest BCUT2D eigenvalue weighted by Gasteiger charge is -2.24. The predicted octanol–water partition coefficient (Wildman–Crippen LogP) is 4.01. The molecule has 1 heterocycles. The van der Waals surface area contributed by atoms with E-state index in [1.165, 1.54) is 0 Å². The second-order valence-electron chi connectivity index (χ2n) is 6.75. The SMILES string of the molecule is CCN(CC)c1c(C)nc(-c2ccccc2O)n(CCc2ccccc2)c1=O. The van der Waals surface area contributed by atoms with E-state index in [1.807, 2.05) is 49.9 Å². The number of hydrogen-bond donors (Lipinski definition) is 1. The van der Waals surface area contributed by atoms with Gasteiger partial charge in [0.2, 0.25) is 0 Å². The highest BCUT2D eigenvalue weighted by Gasteiger charge is 2.20. The van der Waals surface area contributed by atoms with Gasteiger partial charge in [0.15, 0.2) is 0 Å². The van der Waals surface area contributed by atoms with Crippen molar-refractivity contribution < 1.29 is 5.11 Å². The number of benzene rings is 2. The van der Waals surface area contributed by atoms with Crippen molar-refractivity contribution in [3.05, 3.63) is 76.2 Å². The molecule has 0 bridgehead atoms. The van der Waals surface area contributed by atoms with Crippen molar-refractivity contribution in [3.63, 3.8) is 0 Å². The number of anilines is 1. The van der Waals surface area contributed by atoms with Gasteiger partial charge in [-0.25, -0.2) is 4.98 Å². The first kappa shape index (κ1) is 19.7. The number of nitrogens with zero attached hydrogens (tertiary/aromatic N) is 3. The fourth-order valence-corrected chi connectivity index (χ4v) is 3.52. The van der Waals surface area contributed by atoms with E-state index in [1.54, 1.807) is 22.8 Å². The molecule has 3 aromatic rings. The first-order valence-electron chi connectivity index (χ1n) is 9.75. The van der Waals surface area contributed by atoms with E-state index in [0.29, 0.717) is 35.7 Å². The van der Waals surface area contributed by atoms with Crippen LogP contribution in [-0.2, 0) is 13.0 Å². The number of rotatable bonds is 7. The summed E-state index contributed by atoms with van der Waals surface area (Å²) in [6.07, 6.45) is 0.712. The predicted molar refractivity (Wildman–Crippen MR) is 114 cm³/mol. The maximum absolute atomic E-state index is 13.5. The maximum Gasteiger partial charge on any atom is 0.277 e. The largest absolute Gasteiger partial charge is 0.507 e. The molecular weight excluding hydrogens is 350 g/mol. The molecule has 0 aliphatic rings. The molecule has 0 saturated heterocycles. The van der Waals surface area contributed by atoms with Crippen LogP contribution in [-0.4, -0.2) is 27.7 Å². The molecule has 0 aliphatic carbocycles. The monoisotopic (exact) mass is 377 g/mol. The van der Waals surface area contributed by atoms with Crippen molar-refractivity contribution in [2.24, 2.45) is 0 Å². The first-order valence-corrected chi connectivity index (χ1v) is 9.75. The van der Waals surface area contributed by atoms with Crippen LogP contribution in [0.5, 0.6) is 5.75 Å². The number of phenolic OH excluding ortho intramolecular Hbond substituents is 1. The van der Waals surface area contributed by atoms with Crippen LogP contribution in [0.15, 0.2) is 59.4 Å². The molecule has 28 heavy (non-hydrogen) atoms. The number of hydrogen-bond acceptors (Lipinski definition) is 4. The first-order chi connectivity index (χ1) is 13.6. The van der Waals surface area contributed by atoms with Crippen molar-refractivity contribution in [2.45, 2.75) is 33.7 Å². The molecule has 1 aromatic heterocycles. The van der Waals surface area contributed by atoms with E-state index in [-0.39, 0.29) is 11.3 Å². The molecule has 5 heteroatoms. The van der Waals surface area contributed by atoms with Crippen LogP contribution in [0.1, 0.15) is 25.1 Å². The molecule has 0 radical (unpaired) electrons. The van der Waals surface area contributed by atoms with Crippen molar-refractivity contribution in [1.29, 1.82) is 0 Å². The normalized spacial score (nSPS) is 10.8. The fourth-order valence-electron chi connectivity index (χ4n) is 3.52.